The van der Waals surface area contributed by atoms with Gasteiger partial charge >= 0.3 is 5.97 Å². The van der Waals surface area contributed by atoms with Gasteiger partial charge in [0.1, 0.15) is 18.7 Å². The molecule has 7 nitrogen and oxygen atoms in total. The summed E-state index contributed by atoms with van der Waals surface area (Å²) in [6, 6.07) is 6.90. The normalized spacial score (nSPS) is 10.5. The molecule has 0 spiro atoms. The number of benzene rings is 1. The Kier molecular flexibility index (Phi) is 3.93. The maximum absolute atomic E-state index is 12.2. The molecule has 0 aliphatic rings. The maximum Gasteiger partial charge on any atom is 0.323 e. The second-order valence-corrected chi connectivity index (χ2v) is 4.67. The molecule has 2 aromatic rings. The molecule has 2 amide bonds. The first-order chi connectivity index (χ1) is 9.86. The number of nitrogens with two attached hydrogens (primary N) is 1. The van der Waals surface area contributed by atoms with Crippen LogP contribution in [0.25, 0.3) is 11.0 Å². The number of amides is 2. The first kappa shape index (κ1) is 14.6. The molecule has 0 aliphatic heterocycles. The topological polar surface area (TPSA) is 114 Å². The number of nitrogens with zero attached hydrogens (tertiary/aromatic N) is 1. The number of carbonyl (C=O) groups is 3. The van der Waals surface area contributed by atoms with Gasteiger partial charge in [-0.15, -0.1) is 0 Å². The fourth-order valence-corrected chi connectivity index (χ4v) is 1.97. The van der Waals surface area contributed by atoms with Crippen molar-refractivity contribution in [2.45, 2.75) is 6.92 Å². The summed E-state index contributed by atoms with van der Waals surface area (Å²) in [4.78, 5) is 34.8. The highest BCUT2D eigenvalue weighted by Crippen LogP contribution is 2.21. The second-order valence-electron chi connectivity index (χ2n) is 4.67. The van der Waals surface area contributed by atoms with E-state index >= 15 is 0 Å². The summed E-state index contributed by atoms with van der Waals surface area (Å²) in [5, 5.41) is 9.52. The zero-order valence-electron chi connectivity index (χ0n) is 11.3. The lowest BCUT2D eigenvalue weighted by atomic mass is 10.2. The monoisotopic (exact) mass is 290 g/mol. The molecule has 0 bridgehead atoms. The first-order valence-electron chi connectivity index (χ1n) is 6.16. The minimum atomic E-state index is -1.24. The Morgan fingerprint density at radius 1 is 1.24 bits per heavy atom. The highest BCUT2D eigenvalue weighted by molar-refractivity contribution is 5.99. The number of aliphatic carboxylic acids is 1. The molecule has 3 N–H and O–H groups in total. The molecular weight excluding hydrogens is 276 g/mol. The number of furan rings is 1. The van der Waals surface area contributed by atoms with Crippen LogP contribution in [0.15, 0.2) is 28.7 Å². The number of hydrogen-bond acceptors (Lipinski definition) is 4. The molecule has 0 fully saturated rings. The fraction of sp³-hybridized carbons (Fsp3) is 0.214. The third-order valence-corrected chi connectivity index (χ3v) is 2.84. The molecule has 0 aliphatic carbocycles. The fourth-order valence-electron chi connectivity index (χ4n) is 1.97. The Hall–Kier alpha value is -2.83. The zero-order chi connectivity index (χ0) is 15.6. The Labute approximate surface area is 119 Å². The SMILES string of the molecule is Cc1ccc2oc(C(=O)N(CC(N)=O)CC(=O)O)cc2c1. The molecule has 0 unspecified atom stereocenters. The van der Waals surface area contributed by atoms with Gasteiger partial charge in [0.25, 0.3) is 5.91 Å². The Morgan fingerprint density at radius 3 is 2.57 bits per heavy atom. The number of aryl methyl sites for hydroxylation is 1. The quantitative estimate of drug-likeness (QED) is 0.843. The predicted molar refractivity (Wildman–Crippen MR) is 73.7 cm³/mol. The van der Waals surface area contributed by atoms with Crippen LogP contribution in [0.3, 0.4) is 0 Å². The standard InChI is InChI=1S/C14H14N2O5/c1-8-2-3-10-9(4-8)5-11(21-10)14(20)16(6-12(15)17)7-13(18)19/h2-5H,6-7H2,1H3,(H2,15,17)(H,18,19). The molecule has 1 aromatic heterocycles. The van der Waals surface area contributed by atoms with Crippen molar-refractivity contribution in [2.75, 3.05) is 13.1 Å². The van der Waals surface area contributed by atoms with E-state index in [9.17, 15) is 14.4 Å². The van der Waals surface area contributed by atoms with Gasteiger partial charge in [-0.05, 0) is 25.1 Å². The smallest absolute Gasteiger partial charge is 0.323 e. The van der Waals surface area contributed by atoms with Crippen LogP contribution in [0.1, 0.15) is 16.1 Å². The van der Waals surface area contributed by atoms with E-state index in [1.165, 1.54) is 6.07 Å². The number of rotatable bonds is 5. The van der Waals surface area contributed by atoms with Crippen LogP contribution in [0.5, 0.6) is 0 Å². The molecule has 1 heterocycles. The Bertz CT molecular complexity index is 703. The first-order valence-corrected chi connectivity index (χ1v) is 6.16. The minimum Gasteiger partial charge on any atom is -0.480 e. The van der Waals surface area contributed by atoms with Crippen LogP contribution < -0.4 is 5.73 Å². The number of primary amides is 1. The largest absolute Gasteiger partial charge is 0.480 e. The number of hydrogen-bond donors (Lipinski definition) is 2. The van der Waals surface area contributed by atoms with E-state index < -0.39 is 30.9 Å². The van der Waals surface area contributed by atoms with Gasteiger partial charge in [0.2, 0.25) is 5.91 Å². The van der Waals surface area contributed by atoms with E-state index in [1.807, 2.05) is 19.1 Å². The average molecular weight is 290 g/mol. The third-order valence-electron chi connectivity index (χ3n) is 2.84. The number of carbonyl (C=O) groups excluding carboxylic acids is 2. The Balaban J connectivity index is 2.33. The lowest BCUT2D eigenvalue weighted by molar-refractivity contribution is -0.138. The van der Waals surface area contributed by atoms with Crippen molar-refractivity contribution in [3.8, 4) is 0 Å². The maximum atomic E-state index is 12.2. The van der Waals surface area contributed by atoms with E-state index in [2.05, 4.69) is 0 Å². The lowest BCUT2D eigenvalue weighted by Gasteiger charge is -2.17. The summed E-state index contributed by atoms with van der Waals surface area (Å²) in [6.07, 6.45) is 0. The van der Waals surface area contributed by atoms with E-state index in [0.717, 1.165) is 15.8 Å². The number of fused-ring (bicyclic) bond motifs is 1. The molecule has 21 heavy (non-hydrogen) atoms. The summed E-state index contributed by atoms with van der Waals surface area (Å²) in [5.74, 6) is -2.75. The van der Waals surface area contributed by atoms with E-state index in [4.69, 9.17) is 15.3 Å². The summed E-state index contributed by atoms with van der Waals surface area (Å²) in [6.45, 7) is 0.789. The van der Waals surface area contributed by atoms with Crippen molar-refractivity contribution in [2.24, 2.45) is 5.73 Å². The van der Waals surface area contributed by atoms with Crippen molar-refractivity contribution in [3.05, 3.63) is 35.6 Å². The summed E-state index contributed by atoms with van der Waals surface area (Å²) in [5.41, 5.74) is 6.54. The van der Waals surface area contributed by atoms with Crippen molar-refractivity contribution < 1.29 is 23.9 Å². The molecule has 0 atom stereocenters. The minimum absolute atomic E-state index is 0.0295. The Morgan fingerprint density at radius 2 is 1.95 bits per heavy atom. The van der Waals surface area contributed by atoms with E-state index in [1.54, 1.807) is 6.07 Å². The number of carboxylic acid groups (broad SMARTS) is 1. The van der Waals surface area contributed by atoms with Crippen molar-refractivity contribution in [3.63, 3.8) is 0 Å². The second kappa shape index (κ2) is 5.66. The van der Waals surface area contributed by atoms with Gasteiger partial charge in [0.15, 0.2) is 5.76 Å². The molecular formula is C14H14N2O5. The highest BCUT2D eigenvalue weighted by atomic mass is 16.4. The van der Waals surface area contributed by atoms with Gasteiger partial charge < -0.3 is 20.2 Å². The molecule has 0 radical (unpaired) electrons. The zero-order valence-corrected chi connectivity index (χ0v) is 11.3. The molecule has 7 heteroatoms. The van der Waals surface area contributed by atoms with Gasteiger partial charge in [-0.1, -0.05) is 11.6 Å². The van der Waals surface area contributed by atoms with Gasteiger partial charge in [0, 0.05) is 5.39 Å². The van der Waals surface area contributed by atoms with Gasteiger partial charge in [-0.3, -0.25) is 14.4 Å². The van der Waals surface area contributed by atoms with Crippen LogP contribution in [0.2, 0.25) is 0 Å². The van der Waals surface area contributed by atoms with Crippen LogP contribution in [-0.4, -0.2) is 40.9 Å². The van der Waals surface area contributed by atoms with E-state index in [0.29, 0.717) is 5.58 Å². The average Bonchev–Trinajstić information content (AvgIpc) is 2.78. The molecule has 110 valence electrons. The summed E-state index contributed by atoms with van der Waals surface area (Å²) < 4.78 is 5.39. The highest BCUT2D eigenvalue weighted by Gasteiger charge is 2.23. The van der Waals surface area contributed by atoms with Crippen LogP contribution in [0.4, 0.5) is 0 Å². The van der Waals surface area contributed by atoms with E-state index in [-0.39, 0.29) is 5.76 Å². The summed E-state index contributed by atoms with van der Waals surface area (Å²) in [7, 11) is 0. The third kappa shape index (κ3) is 3.38. The van der Waals surface area contributed by atoms with Crippen LogP contribution in [0, 0.1) is 6.92 Å². The molecule has 2 rings (SSSR count). The summed E-state index contributed by atoms with van der Waals surface area (Å²) >= 11 is 0. The predicted octanol–water partition coefficient (Wildman–Crippen LogP) is 0.753. The molecule has 1 aromatic carbocycles. The van der Waals surface area contributed by atoms with Crippen molar-refractivity contribution in [1.82, 2.24) is 4.90 Å². The van der Waals surface area contributed by atoms with Crippen molar-refractivity contribution in [1.29, 1.82) is 0 Å². The van der Waals surface area contributed by atoms with Gasteiger partial charge in [0.05, 0.1) is 0 Å². The molecule has 0 saturated heterocycles. The van der Waals surface area contributed by atoms with Crippen LogP contribution in [-0.2, 0) is 9.59 Å². The van der Waals surface area contributed by atoms with Gasteiger partial charge in [-0.2, -0.15) is 0 Å². The van der Waals surface area contributed by atoms with Crippen LogP contribution >= 0.6 is 0 Å². The molecule has 0 saturated carbocycles. The lowest BCUT2D eigenvalue weighted by Crippen LogP contribution is -2.41. The number of carboxylic acids is 1. The van der Waals surface area contributed by atoms with Gasteiger partial charge in [-0.25, -0.2) is 0 Å². The van der Waals surface area contributed by atoms with Crippen molar-refractivity contribution >= 4 is 28.8 Å².